The predicted octanol–water partition coefficient (Wildman–Crippen LogP) is 2.14. The van der Waals surface area contributed by atoms with E-state index in [1.54, 1.807) is 12.0 Å². The molecule has 2 rings (SSSR count). The molecule has 0 bridgehead atoms. The Hall–Kier alpha value is -2.83. The van der Waals surface area contributed by atoms with Gasteiger partial charge in [0.2, 0.25) is 11.9 Å². The molecule has 122 valence electrons. The van der Waals surface area contributed by atoms with Gasteiger partial charge >= 0.3 is 0 Å². The zero-order valence-electron chi connectivity index (χ0n) is 13.8. The van der Waals surface area contributed by atoms with E-state index in [9.17, 15) is 0 Å². The number of benzene rings is 1. The molecule has 0 saturated carbocycles. The Morgan fingerprint density at radius 2 is 1.96 bits per heavy atom. The quantitative estimate of drug-likeness (QED) is 0.874. The first-order valence-corrected chi connectivity index (χ1v) is 7.14. The van der Waals surface area contributed by atoms with Gasteiger partial charge in [-0.3, -0.25) is 0 Å². The van der Waals surface area contributed by atoms with Crippen molar-refractivity contribution in [3.8, 4) is 11.5 Å². The van der Waals surface area contributed by atoms with Crippen molar-refractivity contribution in [1.29, 1.82) is 0 Å². The monoisotopic (exact) mass is 315 g/mol. The van der Waals surface area contributed by atoms with Crippen LogP contribution < -0.4 is 20.1 Å². The number of nitrogens with two attached hydrogens (primary N) is 1. The molecule has 0 spiro atoms. The standard InChI is InChI=1S/C16H21N5O2/c1-5-6-11-7-8-12(13(9-11)22-4)23-10-14-18-15(17)20-16(19-14)21(2)3/h5-9H,10H2,1-4H3,(H2,17,18,19,20)/b6-5-. The minimum absolute atomic E-state index is 0.165. The molecule has 0 saturated heterocycles. The fourth-order valence-corrected chi connectivity index (χ4v) is 1.93. The minimum Gasteiger partial charge on any atom is -0.493 e. The van der Waals surface area contributed by atoms with Gasteiger partial charge in [-0.2, -0.15) is 15.0 Å². The van der Waals surface area contributed by atoms with E-state index in [2.05, 4.69) is 15.0 Å². The fourth-order valence-electron chi connectivity index (χ4n) is 1.93. The minimum atomic E-state index is 0.165. The van der Waals surface area contributed by atoms with Gasteiger partial charge in [0.1, 0.15) is 6.61 Å². The lowest BCUT2D eigenvalue weighted by atomic mass is 10.2. The SMILES string of the molecule is C/C=C\c1ccc(OCc2nc(N)nc(N(C)C)n2)c(OC)c1. The van der Waals surface area contributed by atoms with Crippen LogP contribution in [0.1, 0.15) is 18.3 Å². The number of anilines is 2. The lowest BCUT2D eigenvalue weighted by Crippen LogP contribution is -2.17. The van der Waals surface area contributed by atoms with Gasteiger partial charge in [-0.1, -0.05) is 18.2 Å². The summed E-state index contributed by atoms with van der Waals surface area (Å²) in [7, 11) is 5.28. The molecule has 2 N–H and O–H groups in total. The summed E-state index contributed by atoms with van der Waals surface area (Å²) in [5.74, 6) is 2.38. The first kappa shape index (κ1) is 16.5. The highest BCUT2D eigenvalue weighted by Gasteiger charge is 2.09. The van der Waals surface area contributed by atoms with E-state index in [0.29, 0.717) is 23.3 Å². The van der Waals surface area contributed by atoms with Crippen LogP contribution in [-0.4, -0.2) is 36.2 Å². The number of hydrogen-bond acceptors (Lipinski definition) is 7. The van der Waals surface area contributed by atoms with Crippen LogP contribution in [0.3, 0.4) is 0 Å². The molecule has 7 heteroatoms. The van der Waals surface area contributed by atoms with E-state index in [0.717, 1.165) is 5.56 Å². The summed E-state index contributed by atoms with van der Waals surface area (Å²) in [4.78, 5) is 14.2. The molecule has 0 unspecified atom stereocenters. The van der Waals surface area contributed by atoms with Crippen molar-refractivity contribution in [3.63, 3.8) is 0 Å². The molecule has 2 aromatic rings. The summed E-state index contributed by atoms with van der Waals surface area (Å²) in [5, 5.41) is 0. The summed E-state index contributed by atoms with van der Waals surface area (Å²) in [6.45, 7) is 2.14. The van der Waals surface area contributed by atoms with E-state index < -0.39 is 0 Å². The first-order chi connectivity index (χ1) is 11.0. The topological polar surface area (TPSA) is 86.4 Å². The summed E-state index contributed by atoms with van der Waals surface area (Å²) in [6, 6.07) is 5.71. The van der Waals surface area contributed by atoms with Gasteiger partial charge in [-0.15, -0.1) is 0 Å². The molecule has 23 heavy (non-hydrogen) atoms. The molecule has 0 fully saturated rings. The van der Waals surface area contributed by atoms with Crippen LogP contribution in [0.5, 0.6) is 11.5 Å². The first-order valence-electron chi connectivity index (χ1n) is 7.14. The van der Waals surface area contributed by atoms with E-state index in [-0.39, 0.29) is 12.6 Å². The Morgan fingerprint density at radius 1 is 1.17 bits per heavy atom. The summed E-state index contributed by atoms with van der Waals surface area (Å²) in [6.07, 6.45) is 3.95. The number of methoxy groups -OCH3 is 1. The maximum absolute atomic E-state index is 5.76. The van der Waals surface area contributed by atoms with Crippen LogP contribution in [0.4, 0.5) is 11.9 Å². The van der Waals surface area contributed by atoms with Crippen molar-refractivity contribution in [3.05, 3.63) is 35.7 Å². The van der Waals surface area contributed by atoms with Crippen molar-refractivity contribution in [2.75, 3.05) is 31.8 Å². The third-order valence-corrected chi connectivity index (χ3v) is 2.99. The average molecular weight is 315 g/mol. The van der Waals surface area contributed by atoms with Gasteiger partial charge in [0.05, 0.1) is 7.11 Å². The molecule has 0 radical (unpaired) electrons. The number of hydrogen-bond donors (Lipinski definition) is 1. The normalized spacial score (nSPS) is 10.8. The lowest BCUT2D eigenvalue weighted by Gasteiger charge is -2.13. The molecule has 0 atom stereocenters. The number of nitrogens with zero attached hydrogens (tertiary/aromatic N) is 4. The van der Waals surface area contributed by atoms with E-state index >= 15 is 0 Å². The van der Waals surface area contributed by atoms with Gasteiger partial charge in [0.15, 0.2) is 17.3 Å². The van der Waals surface area contributed by atoms with Crippen molar-refractivity contribution in [2.24, 2.45) is 0 Å². The number of ether oxygens (including phenoxy) is 2. The van der Waals surface area contributed by atoms with Crippen LogP contribution in [0.2, 0.25) is 0 Å². The molecular formula is C16H21N5O2. The predicted molar refractivity (Wildman–Crippen MR) is 90.6 cm³/mol. The largest absolute Gasteiger partial charge is 0.493 e. The van der Waals surface area contributed by atoms with Gasteiger partial charge in [0.25, 0.3) is 0 Å². The van der Waals surface area contributed by atoms with E-state index in [1.807, 2.05) is 51.4 Å². The van der Waals surface area contributed by atoms with Crippen LogP contribution >= 0.6 is 0 Å². The van der Waals surface area contributed by atoms with Gasteiger partial charge in [0, 0.05) is 14.1 Å². The van der Waals surface area contributed by atoms with E-state index in [4.69, 9.17) is 15.2 Å². The second kappa shape index (κ2) is 7.44. The van der Waals surface area contributed by atoms with Gasteiger partial charge in [-0.25, -0.2) is 0 Å². The zero-order chi connectivity index (χ0) is 16.8. The zero-order valence-corrected chi connectivity index (χ0v) is 13.8. The van der Waals surface area contributed by atoms with Crippen LogP contribution in [-0.2, 0) is 6.61 Å². The van der Waals surface area contributed by atoms with Crippen molar-refractivity contribution in [1.82, 2.24) is 15.0 Å². The second-order valence-electron chi connectivity index (χ2n) is 5.00. The Kier molecular flexibility index (Phi) is 5.35. The third-order valence-electron chi connectivity index (χ3n) is 2.99. The van der Waals surface area contributed by atoms with Crippen molar-refractivity contribution < 1.29 is 9.47 Å². The van der Waals surface area contributed by atoms with Gasteiger partial charge < -0.3 is 20.1 Å². The van der Waals surface area contributed by atoms with Crippen molar-refractivity contribution in [2.45, 2.75) is 13.5 Å². The average Bonchev–Trinajstić information content (AvgIpc) is 2.53. The van der Waals surface area contributed by atoms with Crippen LogP contribution in [0.15, 0.2) is 24.3 Å². The molecule has 0 aliphatic heterocycles. The molecule has 0 aliphatic carbocycles. The maximum atomic E-state index is 5.76. The van der Waals surface area contributed by atoms with Crippen LogP contribution in [0.25, 0.3) is 6.08 Å². The Morgan fingerprint density at radius 3 is 2.61 bits per heavy atom. The molecular weight excluding hydrogens is 294 g/mol. The van der Waals surface area contributed by atoms with E-state index in [1.165, 1.54) is 0 Å². The smallest absolute Gasteiger partial charge is 0.230 e. The molecule has 0 amide bonds. The lowest BCUT2D eigenvalue weighted by molar-refractivity contribution is 0.276. The maximum Gasteiger partial charge on any atom is 0.230 e. The van der Waals surface area contributed by atoms with Crippen LogP contribution in [0, 0.1) is 0 Å². The molecule has 0 aliphatic rings. The summed E-state index contributed by atoms with van der Waals surface area (Å²) in [5.41, 5.74) is 6.74. The summed E-state index contributed by atoms with van der Waals surface area (Å²) >= 11 is 0. The fraction of sp³-hybridized carbons (Fsp3) is 0.312. The highest BCUT2D eigenvalue weighted by atomic mass is 16.5. The molecule has 7 nitrogen and oxygen atoms in total. The Balaban J connectivity index is 2.17. The third kappa shape index (κ3) is 4.32. The molecule has 1 heterocycles. The van der Waals surface area contributed by atoms with Crippen molar-refractivity contribution >= 4 is 18.0 Å². The Bertz CT molecular complexity index is 701. The second-order valence-corrected chi connectivity index (χ2v) is 5.00. The van der Waals surface area contributed by atoms with Gasteiger partial charge in [-0.05, 0) is 24.6 Å². The molecule has 1 aromatic heterocycles. The number of rotatable bonds is 6. The number of aromatic nitrogens is 3. The Labute approximate surface area is 135 Å². The highest BCUT2D eigenvalue weighted by Crippen LogP contribution is 2.29. The number of nitrogen functional groups attached to an aromatic ring is 1. The molecule has 1 aromatic carbocycles. The number of allylic oxidation sites excluding steroid dienone is 1. The highest BCUT2D eigenvalue weighted by molar-refractivity contribution is 5.55. The summed E-state index contributed by atoms with van der Waals surface area (Å²) < 4.78 is 11.1.